The van der Waals surface area contributed by atoms with Crippen molar-refractivity contribution in [2.75, 3.05) is 0 Å². The van der Waals surface area contributed by atoms with Crippen LogP contribution in [-0.4, -0.2) is 11.0 Å². The number of hydrogen-bond donors (Lipinski definition) is 0. The molecule has 0 saturated heterocycles. The zero-order chi connectivity index (χ0) is 8.97. The molecule has 1 unspecified atom stereocenters. The van der Waals surface area contributed by atoms with Gasteiger partial charge in [0.25, 0.3) is 0 Å². The van der Waals surface area contributed by atoms with Crippen LogP contribution in [-0.2, 0) is 9.85 Å². The lowest BCUT2D eigenvalue weighted by atomic mass is 10.2. The normalized spacial score (nSPS) is 9.50. The van der Waals surface area contributed by atoms with Gasteiger partial charge in [0.2, 0.25) is 0 Å². The second kappa shape index (κ2) is 4.53. The highest BCUT2D eigenvalue weighted by Crippen LogP contribution is 2.12. The Labute approximate surface area is 80.9 Å². The summed E-state index contributed by atoms with van der Waals surface area (Å²) >= 11 is 3.25. The molecule has 12 heavy (non-hydrogen) atoms. The summed E-state index contributed by atoms with van der Waals surface area (Å²) in [6.45, 7) is 0. The number of carbonyl (C=O) groups is 1. The molecule has 0 N–H and O–H groups in total. The maximum absolute atomic E-state index is 11.1. The first-order valence-electron chi connectivity index (χ1n) is 3.19. The van der Waals surface area contributed by atoms with Gasteiger partial charge in [-0.15, -0.1) is 0 Å². The van der Waals surface area contributed by atoms with E-state index in [0.717, 1.165) is 5.56 Å². The standard InChI is InChI=1S/C7H7BrNO2P/c8-3-5-4-9-2-1-6(5)7(10)11-12/h1-2,4H,3,12H2. The smallest absolute Gasteiger partial charge is 0.340 e. The van der Waals surface area contributed by atoms with Gasteiger partial charge in [0, 0.05) is 17.7 Å². The van der Waals surface area contributed by atoms with E-state index in [9.17, 15) is 4.79 Å². The SMILES string of the molecule is O=C(OP)c1ccncc1CBr. The molecule has 1 aromatic heterocycles. The third-order valence-corrected chi connectivity index (χ3v) is 2.19. The van der Waals surface area contributed by atoms with Gasteiger partial charge in [0.05, 0.1) is 15.0 Å². The first-order chi connectivity index (χ1) is 5.79. The summed E-state index contributed by atoms with van der Waals surface area (Å²) in [6, 6.07) is 1.63. The topological polar surface area (TPSA) is 39.2 Å². The van der Waals surface area contributed by atoms with E-state index >= 15 is 0 Å². The predicted molar refractivity (Wildman–Crippen MR) is 52.0 cm³/mol. The van der Waals surface area contributed by atoms with Crippen LogP contribution in [0.4, 0.5) is 0 Å². The molecular formula is C7H7BrNO2P. The molecule has 0 amide bonds. The van der Waals surface area contributed by atoms with Gasteiger partial charge in [-0.05, 0) is 11.6 Å². The number of hydrogen-bond acceptors (Lipinski definition) is 3. The van der Waals surface area contributed by atoms with E-state index in [-0.39, 0.29) is 5.97 Å². The average molecular weight is 248 g/mol. The van der Waals surface area contributed by atoms with E-state index in [1.165, 1.54) is 0 Å². The van der Waals surface area contributed by atoms with E-state index < -0.39 is 0 Å². The van der Waals surface area contributed by atoms with Crippen molar-refractivity contribution in [3.05, 3.63) is 29.6 Å². The molecular weight excluding hydrogens is 241 g/mol. The third-order valence-electron chi connectivity index (χ3n) is 1.37. The number of nitrogens with zero attached hydrogens (tertiary/aromatic N) is 1. The first kappa shape index (κ1) is 9.62. The molecule has 5 heteroatoms. The monoisotopic (exact) mass is 247 g/mol. The van der Waals surface area contributed by atoms with Crippen molar-refractivity contribution in [2.45, 2.75) is 5.33 Å². The highest BCUT2D eigenvalue weighted by Gasteiger charge is 2.09. The van der Waals surface area contributed by atoms with Crippen molar-refractivity contribution in [1.82, 2.24) is 4.98 Å². The number of halogens is 1. The van der Waals surface area contributed by atoms with Crippen LogP contribution in [0.25, 0.3) is 0 Å². The molecule has 0 aromatic carbocycles. The number of pyridine rings is 1. The van der Waals surface area contributed by atoms with Gasteiger partial charge < -0.3 is 4.52 Å². The Bertz CT molecular complexity index is 292. The zero-order valence-corrected chi connectivity index (χ0v) is 8.90. The second-order valence-corrected chi connectivity index (χ2v) is 2.87. The van der Waals surface area contributed by atoms with Crippen molar-refractivity contribution in [3.63, 3.8) is 0 Å². The van der Waals surface area contributed by atoms with Gasteiger partial charge in [0.1, 0.15) is 0 Å². The van der Waals surface area contributed by atoms with E-state index in [4.69, 9.17) is 0 Å². The molecule has 1 heterocycles. The lowest BCUT2D eigenvalue weighted by molar-refractivity contribution is 0.0764. The van der Waals surface area contributed by atoms with Crippen molar-refractivity contribution in [1.29, 1.82) is 0 Å². The summed E-state index contributed by atoms with van der Waals surface area (Å²) < 4.78 is 4.51. The summed E-state index contributed by atoms with van der Waals surface area (Å²) in [5.41, 5.74) is 1.36. The molecule has 1 aromatic rings. The highest BCUT2D eigenvalue weighted by atomic mass is 79.9. The molecule has 1 atom stereocenters. The van der Waals surface area contributed by atoms with Crippen LogP contribution in [0.2, 0.25) is 0 Å². The Balaban J connectivity index is 3.04. The van der Waals surface area contributed by atoms with Gasteiger partial charge in [0.15, 0.2) is 0 Å². The molecule has 0 aliphatic heterocycles. The summed E-state index contributed by atoms with van der Waals surface area (Å²) in [5, 5.41) is 0.593. The van der Waals surface area contributed by atoms with Crippen LogP contribution < -0.4 is 0 Å². The predicted octanol–water partition coefficient (Wildman–Crippen LogP) is 1.92. The van der Waals surface area contributed by atoms with Crippen molar-refractivity contribution >= 4 is 31.4 Å². The van der Waals surface area contributed by atoms with Crippen molar-refractivity contribution < 1.29 is 9.32 Å². The van der Waals surface area contributed by atoms with E-state index in [2.05, 4.69) is 25.4 Å². The number of alkyl halides is 1. The Hall–Kier alpha value is -0.470. The Kier molecular flexibility index (Phi) is 3.63. The summed E-state index contributed by atoms with van der Waals surface area (Å²) in [6.07, 6.45) is 3.19. The van der Waals surface area contributed by atoms with Gasteiger partial charge in [-0.25, -0.2) is 4.79 Å². The number of aromatic nitrogens is 1. The van der Waals surface area contributed by atoms with Gasteiger partial charge in [-0.1, -0.05) is 15.9 Å². The van der Waals surface area contributed by atoms with Gasteiger partial charge >= 0.3 is 5.97 Å². The summed E-state index contributed by atoms with van der Waals surface area (Å²) in [4.78, 5) is 15.0. The van der Waals surface area contributed by atoms with Crippen LogP contribution in [0.3, 0.4) is 0 Å². The Morgan fingerprint density at radius 3 is 3.08 bits per heavy atom. The fourth-order valence-electron chi connectivity index (χ4n) is 0.796. The quantitative estimate of drug-likeness (QED) is 0.592. The molecule has 0 bridgehead atoms. The zero-order valence-electron chi connectivity index (χ0n) is 6.16. The van der Waals surface area contributed by atoms with E-state index in [0.29, 0.717) is 10.9 Å². The fourth-order valence-corrected chi connectivity index (χ4v) is 1.37. The van der Waals surface area contributed by atoms with Crippen molar-refractivity contribution in [2.24, 2.45) is 0 Å². The molecule has 0 fully saturated rings. The maximum Gasteiger partial charge on any atom is 0.340 e. The third kappa shape index (κ3) is 2.02. The largest absolute Gasteiger partial charge is 0.448 e. The Morgan fingerprint density at radius 1 is 1.75 bits per heavy atom. The van der Waals surface area contributed by atoms with Crippen LogP contribution >= 0.6 is 25.4 Å². The van der Waals surface area contributed by atoms with E-state index in [1.54, 1.807) is 18.5 Å². The lowest BCUT2D eigenvalue weighted by Gasteiger charge is -2.02. The summed E-state index contributed by atoms with van der Waals surface area (Å²) in [7, 11) is 1.93. The molecule has 0 spiro atoms. The second-order valence-electron chi connectivity index (χ2n) is 2.07. The van der Waals surface area contributed by atoms with Gasteiger partial charge in [-0.2, -0.15) is 0 Å². The lowest BCUT2D eigenvalue weighted by Crippen LogP contribution is -2.02. The van der Waals surface area contributed by atoms with E-state index in [1.807, 2.05) is 9.47 Å². The van der Waals surface area contributed by atoms with Crippen LogP contribution in [0.5, 0.6) is 0 Å². The van der Waals surface area contributed by atoms with Crippen molar-refractivity contribution in [3.8, 4) is 0 Å². The van der Waals surface area contributed by atoms with Crippen LogP contribution in [0.15, 0.2) is 18.5 Å². The maximum atomic E-state index is 11.1. The molecule has 0 aliphatic rings. The Morgan fingerprint density at radius 2 is 2.50 bits per heavy atom. The first-order valence-corrected chi connectivity index (χ1v) is 4.78. The molecule has 0 saturated carbocycles. The molecule has 1 rings (SSSR count). The molecule has 0 aliphatic carbocycles. The average Bonchev–Trinajstić information content (AvgIpc) is 2.16. The fraction of sp³-hybridized carbons (Fsp3) is 0.143. The number of rotatable bonds is 2. The number of carbonyl (C=O) groups excluding carboxylic acids is 1. The van der Waals surface area contributed by atoms with Crippen LogP contribution in [0, 0.1) is 0 Å². The minimum absolute atomic E-state index is 0.364. The molecule has 3 nitrogen and oxygen atoms in total. The van der Waals surface area contributed by atoms with Crippen LogP contribution in [0.1, 0.15) is 15.9 Å². The molecule has 64 valence electrons. The summed E-state index contributed by atoms with van der Waals surface area (Å²) in [5.74, 6) is -0.364. The minimum Gasteiger partial charge on any atom is -0.448 e. The minimum atomic E-state index is -0.364. The molecule has 0 radical (unpaired) electrons. The van der Waals surface area contributed by atoms with Gasteiger partial charge in [-0.3, -0.25) is 4.98 Å². The highest BCUT2D eigenvalue weighted by molar-refractivity contribution is 9.08.